The number of aromatic nitrogens is 2. The lowest BCUT2D eigenvalue weighted by Crippen LogP contribution is -2.08. The molecule has 26 heavy (non-hydrogen) atoms. The van der Waals surface area contributed by atoms with E-state index in [-0.39, 0.29) is 11.4 Å². The Kier molecular flexibility index (Phi) is 4.93. The molecule has 0 fully saturated rings. The van der Waals surface area contributed by atoms with E-state index in [1.54, 1.807) is 24.3 Å². The molecule has 1 heterocycles. The summed E-state index contributed by atoms with van der Waals surface area (Å²) >= 11 is 0. The highest BCUT2D eigenvalue weighted by molar-refractivity contribution is 5.88. The predicted molar refractivity (Wildman–Crippen MR) is 96.9 cm³/mol. The molecule has 1 aromatic heterocycles. The van der Waals surface area contributed by atoms with Crippen LogP contribution in [0.15, 0.2) is 54.9 Å². The summed E-state index contributed by atoms with van der Waals surface area (Å²) in [4.78, 5) is 19.1. The molecule has 5 N–H and O–H groups in total. The van der Waals surface area contributed by atoms with Crippen LogP contribution in [0.2, 0.25) is 0 Å². The van der Waals surface area contributed by atoms with Gasteiger partial charge in [-0.2, -0.15) is 0 Å². The molecule has 0 saturated carbocycles. The maximum atomic E-state index is 12.9. The molecule has 8 heteroatoms. The van der Waals surface area contributed by atoms with Crippen molar-refractivity contribution in [3.63, 3.8) is 0 Å². The van der Waals surface area contributed by atoms with Crippen molar-refractivity contribution in [2.24, 2.45) is 0 Å². The summed E-state index contributed by atoms with van der Waals surface area (Å²) in [6, 6.07) is 12.3. The Morgan fingerprint density at radius 3 is 2.35 bits per heavy atom. The fraction of sp³-hybridized carbons (Fsp3) is 0.0556. The number of nitrogens with one attached hydrogen (secondary N) is 2. The molecule has 0 amide bonds. The lowest BCUT2D eigenvalue weighted by atomic mass is 10.2. The van der Waals surface area contributed by atoms with E-state index in [0.717, 1.165) is 5.56 Å². The average molecular weight is 353 g/mol. The molecule has 0 aliphatic carbocycles. The van der Waals surface area contributed by atoms with Crippen LogP contribution in [0.1, 0.15) is 15.9 Å². The molecular formula is C18H16FN5O2. The van der Waals surface area contributed by atoms with Gasteiger partial charge in [-0.1, -0.05) is 12.1 Å². The van der Waals surface area contributed by atoms with E-state index >= 15 is 0 Å². The van der Waals surface area contributed by atoms with E-state index in [1.807, 2.05) is 0 Å². The van der Waals surface area contributed by atoms with E-state index in [4.69, 9.17) is 10.8 Å². The van der Waals surface area contributed by atoms with Crippen LogP contribution in [-0.2, 0) is 6.54 Å². The first-order valence-electron chi connectivity index (χ1n) is 7.72. The summed E-state index contributed by atoms with van der Waals surface area (Å²) in [6.45, 7) is 0.425. The van der Waals surface area contributed by atoms with Crippen LogP contribution < -0.4 is 16.4 Å². The van der Waals surface area contributed by atoms with Crippen molar-refractivity contribution in [1.82, 2.24) is 9.97 Å². The highest BCUT2D eigenvalue weighted by Crippen LogP contribution is 2.26. The Morgan fingerprint density at radius 1 is 1.04 bits per heavy atom. The van der Waals surface area contributed by atoms with Crippen molar-refractivity contribution in [2.45, 2.75) is 6.54 Å². The van der Waals surface area contributed by atoms with Crippen LogP contribution in [0.5, 0.6) is 0 Å². The highest BCUT2D eigenvalue weighted by Gasteiger charge is 2.09. The normalized spacial score (nSPS) is 10.3. The maximum Gasteiger partial charge on any atom is 0.335 e. The number of carboxylic acid groups (broad SMARTS) is 1. The second-order valence-electron chi connectivity index (χ2n) is 5.47. The van der Waals surface area contributed by atoms with Gasteiger partial charge >= 0.3 is 5.97 Å². The zero-order chi connectivity index (χ0) is 18.5. The average Bonchev–Trinajstić information content (AvgIpc) is 2.64. The number of nitrogens with zero attached hydrogens (tertiary/aromatic N) is 2. The molecule has 2 aromatic carbocycles. The minimum Gasteiger partial charge on any atom is -0.478 e. The molecule has 7 nitrogen and oxygen atoms in total. The number of anilines is 4. The summed E-state index contributed by atoms with van der Waals surface area (Å²) < 4.78 is 12.9. The first-order valence-corrected chi connectivity index (χ1v) is 7.72. The zero-order valence-corrected chi connectivity index (χ0v) is 13.6. The molecule has 0 aliphatic heterocycles. The number of aromatic carboxylic acids is 1. The van der Waals surface area contributed by atoms with E-state index in [1.165, 1.54) is 30.6 Å². The molecule has 0 aliphatic rings. The van der Waals surface area contributed by atoms with Crippen molar-refractivity contribution in [3.8, 4) is 0 Å². The van der Waals surface area contributed by atoms with Gasteiger partial charge in [-0.3, -0.25) is 0 Å². The van der Waals surface area contributed by atoms with E-state index in [2.05, 4.69) is 20.6 Å². The Bertz CT molecular complexity index is 914. The fourth-order valence-electron chi connectivity index (χ4n) is 2.26. The topological polar surface area (TPSA) is 113 Å². The van der Waals surface area contributed by atoms with E-state index < -0.39 is 5.97 Å². The van der Waals surface area contributed by atoms with Gasteiger partial charge in [0.05, 0.1) is 5.56 Å². The molecule has 0 bridgehead atoms. The van der Waals surface area contributed by atoms with Gasteiger partial charge in [-0.05, 0) is 42.0 Å². The molecule has 0 saturated heterocycles. The Labute approximate surface area is 148 Å². The van der Waals surface area contributed by atoms with Crippen LogP contribution in [0, 0.1) is 5.82 Å². The number of carbonyl (C=O) groups is 1. The van der Waals surface area contributed by atoms with Gasteiger partial charge in [-0.15, -0.1) is 0 Å². The second kappa shape index (κ2) is 7.47. The molecule has 3 aromatic rings. The van der Waals surface area contributed by atoms with Crippen molar-refractivity contribution in [3.05, 3.63) is 71.8 Å². The number of nitrogen functional groups attached to an aromatic ring is 1. The Morgan fingerprint density at radius 2 is 1.69 bits per heavy atom. The number of carboxylic acids is 1. The fourth-order valence-corrected chi connectivity index (χ4v) is 2.26. The standard InChI is InChI=1S/C18H16FN5O2/c19-13-5-1-11(2-6-13)9-21-16-15(20)17(23-10-22-16)24-14-7-3-12(4-8-14)18(25)26/h1-8,10H,9,20H2,(H,25,26)(H2,21,22,23,24). The van der Waals surface area contributed by atoms with Crippen LogP contribution in [0.3, 0.4) is 0 Å². The number of benzene rings is 2. The monoisotopic (exact) mass is 353 g/mol. The minimum atomic E-state index is -0.995. The first-order chi connectivity index (χ1) is 12.5. The number of hydrogen-bond acceptors (Lipinski definition) is 6. The third kappa shape index (κ3) is 4.04. The van der Waals surface area contributed by atoms with Gasteiger partial charge in [0.15, 0.2) is 11.6 Å². The third-order valence-electron chi connectivity index (χ3n) is 3.65. The highest BCUT2D eigenvalue weighted by atomic mass is 19.1. The molecular weight excluding hydrogens is 337 g/mol. The number of hydrogen-bond donors (Lipinski definition) is 4. The number of halogens is 1. The summed E-state index contributed by atoms with van der Waals surface area (Å²) in [5, 5.41) is 15.0. The van der Waals surface area contributed by atoms with Crippen LogP contribution in [-0.4, -0.2) is 21.0 Å². The quantitative estimate of drug-likeness (QED) is 0.538. The van der Waals surface area contributed by atoms with Crippen LogP contribution in [0.4, 0.5) is 27.4 Å². The number of rotatable bonds is 6. The molecule has 132 valence electrons. The van der Waals surface area contributed by atoms with Gasteiger partial charge in [-0.25, -0.2) is 19.2 Å². The largest absolute Gasteiger partial charge is 0.478 e. The Hall–Kier alpha value is -3.68. The van der Waals surface area contributed by atoms with Crippen molar-refractivity contribution in [1.29, 1.82) is 0 Å². The Balaban J connectivity index is 1.72. The lowest BCUT2D eigenvalue weighted by molar-refractivity contribution is 0.0697. The van der Waals surface area contributed by atoms with Crippen molar-refractivity contribution in [2.75, 3.05) is 16.4 Å². The molecule has 0 spiro atoms. The smallest absolute Gasteiger partial charge is 0.335 e. The van der Waals surface area contributed by atoms with Crippen LogP contribution >= 0.6 is 0 Å². The summed E-state index contributed by atoms with van der Waals surface area (Å²) in [6.07, 6.45) is 1.36. The van der Waals surface area contributed by atoms with Crippen LogP contribution in [0.25, 0.3) is 0 Å². The molecule has 0 unspecified atom stereocenters. The third-order valence-corrected chi connectivity index (χ3v) is 3.65. The predicted octanol–water partition coefficient (Wildman–Crippen LogP) is 3.25. The van der Waals surface area contributed by atoms with E-state index in [9.17, 15) is 9.18 Å². The zero-order valence-electron chi connectivity index (χ0n) is 13.6. The SMILES string of the molecule is Nc1c(NCc2ccc(F)cc2)ncnc1Nc1ccc(C(=O)O)cc1. The summed E-state index contributed by atoms with van der Waals surface area (Å²) in [5.74, 6) is -0.459. The van der Waals surface area contributed by atoms with Gasteiger partial charge in [0.2, 0.25) is 0 Å². The second-order valence-corrected chi connectivity index (χ2v) is 5.47. The van der Waals surface area contributed by atoms with E-state index in [0.29, 0.717) is 29.6 Å². The lowest BCUT2D eigenvalue weighted by Gasteiger charge is -2.12. The minimum absolute atomic E-state index is 0.188. The molecule has 0 atom stereocenters. The summed E-state index contributed by atoms with van der Waals surface area (Å²) in [5.41, 5.74) is 8.12. The van der Waals surface area contributed by atoms with Gasteiger partial charge < -0.3 is 21.5 Å². The van der Waals surface area contributed by atoms with Crippen molar-refractivity contribution < 1.29 is 14.3 Å². The van der Waals surface area contributed by atoms with Crippen molar-refractivity contribution >= 4 is 29.0 Å². The summed E-state index contributed by atoms with van der Waals surface area (Å²) in [7, 11) is 0. The van der Waals surface area contributed by atoms with Gasteiger partial charge in [0, 0.05) is 12.2 Å². The number of nitrogens with two attached hydrogens (primary N) is 1. The first kappa shape index (κ1) is 17.2. The molecule has 3 rings (SSSR count). The maximum absolute atomic E-state index is 12.9. The van der Waals surface area contributed by atoms with Gasteiger partial charge in [0.1, 0.15) is 17.8 Å². The van der Waals surface area contributed by atoms with Gasteiger partial charge in [0.25, 0.3) is 0 Å². The molecule has 0 radical (unpaired) electrons.